The van der Waals surface area contributed by atoms with Gasteiger partial charge in [0.05, 0.1) is 25.7 Å². The van der Waals surface area contributed by atoms with Gasteiger partial charge in [0.2, 0.25) is 0 Å². The van der Waals surface area contributed by atoms with E-state index in [1.807, 2.05) is 61.5 Å². The van der Waals surface area contributed by atoms with Crippen molar-refractivity contribution in [3.05, 3.63) is 106 Å². The predicted molar refractivity (Wildman–Crippen MR) is 132 cm³/mol. The average Bonchev–Trinajstić information content (AvgIpc) is 2.84. The van der Waals surface area contributed by atoms with Gasteiger partial charge in [-0.15, -0.1) is 0 Å². The fourth-order valence-electron chi connectivity index (χ4n) is 4.49. The molecule has 0 spiro atoms. The van der Waals surface area contributed by atoms with Gasteiger partial charge in [0.15, 0.2) is 0 Å². The standard InChI is InChI=1S/C29H34O5/c1-20-26(18-30)16-25(17-27(20)19-31)29(34)24(9-5-8-21-6-3-2-4-7-21)14-22-10-12-23(13-11-22)15-28(32)33/h2-4,6-7,10-13,16-17,24,29-31,34H,5,8-9,14-15,18-19H2,1H3,(H,32,33)/t24-,29-/m0/s1. The molecule has 3 aromatic rings. The number of hydrogen-bond donors (Lipinski definition) is 4. The number of benzene rings is 3. The number of aliphatic carboxylic acids is 1. The van der Waals surface area contributed by atoms with Crippen LogP contribution in [0.5, 0.6) is 0 Å². The van der Waals surface area contributed by atoms with Crippen LogP contribution in [0, 0.1) is 12.8 Å². The molecular weight excluding hydrogens is 428 g/mol. The van der Waals surface area contributed by atoms with Gasteiger partial charge in [-0.3, -0.25) is 4.79 Å². The topological polar surface area (TPSA) is 98.0 Å². The summed E-state index contributed by atoms with van der Waals surface area (Å²) >= 11 is 0. The lowest BCUT2D eigenvalue weighted by molar-refractivity contribution is -0.136. The van der Waals surface area contributed by atoms with E-state index in [1.165, 1.54) is 5.56 Å². The van der Waals surface area contributed by atoms with Crippen molar-refractivity contribution in [2.24, 2.45) is 5.92 Å². The van der Waals surface area contributed by atoms with Crippen LogP contribution in [0.4, 0.5) is 0 Å². The van der Waals surface area contributed by atoms with Crippen LogP contribution >= 0.6 is 0 Å². The number of rotatable bonds is 12. The van der Waals surface area contributed by atoms with E-state index in [9.17, 15) is 20.1 Å². The van der Waals surface area contributed by atoms with Gasteiger partial charge in [0.1, 0.15) is 0 Å². The second-order valence-corrected chi connectivity index (χ2v) is 8.95. The molecule has 0 bridgehead atoms. The SMILES string of the molecule is Cc1c(CO)cc([C@@H](O)[C@@H](CCCc2ccccc2)Cc2ccc(CC(=O)O)cc2)cc1CO. The predicted octanol–water partition coefficient (Wildman–Crippen LogP) is 4.52. The van der Waals surface area contributed by atoms with Gasteiger partial charge in [-0.05, 0) is 77.5 Å². The minimum Gasteiger partial charge on any atom is -0.481 e. The fourth-order valence-corrected chi connectivity index (χ4v) is 4.49. The summed E-state index contributed by atoms with van der Waals surface area (Å²) in [5, 5.41) is 39.9. The lowest BCUT2D eigenvalue weighted by atomic mass is 9.84. The molecule has 3 rings (SSSR count). The van der Waals surface area contributed by atoms with Crippen LogP contribution in [0.1, 0.15) is 57.9 Å². The Balaban J connectivity index is 1.82. The summed E-state index contributed by atoms with van der Waals surface area (Å²) in [4.78, 5) is 11.0. The van der Waals surface area contributed by atoms with E-state index in [-0.39, 0.29) is 25.6 Å². The third-order valence-corrected chi connectivity index (χ3v) is 6.53. The summed E-state index contributed by atoms with van der Waals surface area (Å²) < 4.78 is 0. The lowest BCUT2D eigenvalue weighted by Crippen LogP contribution is -2.17. The van der Waals surface area contributed by atoms with Crippen LogP contribution in [0.25, 0.3) is 0 Å². The second-order valence-electron chi connectivity index (χ2n) is 8.95. The zero-order valence-corrected chi connectivity index (χ0v) is 19.7. The Morgan fingerprint density at radius 3 is 2.00 bits per heavy atom. The Labute approximate surface area is 201 Å². The molecule has 0 unspecified atom stereocenters. The monoisotopic (exact) mass is 462 g/mol. The van der Waals surface area contributed by atoms with E-state index in [0.29, 0.717) is 23.1 Å². The third kappa shape index (κ3) is 7.00. The maximum atomic E-state index is 11.4. The first-order valence-electron chi connectivity index (χ1n) is 11.8. The molecule has 180 valence electrons. The summed E-state index contributed by atoms with van der Waals surface area (Å²) in [6.07, 6.45) is 2.49. The molecule has 0 saturated heterocycles. The van der Waals surface area contributed by atoms with Crippen molar-refractivity contribution in [2.75, 3.05) is 0 Å². The Kier molecular flexibility index (Phi) is 9.40. The number of aliphatic hydroxyl groups is 3. The number of carboxylic acids is 1. The number of aliphatic hydroxyl groups excluding tert-OH is 3. The highest BCUT2D eigenvalue weighted by Crippen LogP contribution is 2.32. The molecule has 0 radical (unpaired) electrons. The maximum absolute atomic E-state index is 11.4. The van der Waals surface area contributed by atoms with Crippen LogP contribution in [0.3, 0.4) is 0 Å². The van der Waals surface area contributed by atoms with Gasteiger partial charge >= 0.3 is 5.97 Å². The molecule has 4 N–H and O–H groups in total. The molecule has 0 aliphatic heterocycles. The average molecular weight is 463 g/mol. The van der Waals surface area contributed by atoms with Crippen LogP contribution in [-0.2, 0) is 37.3 Å². The van der Waals surface area contributed by atoms with Gasteiger partial charge in [-0.1, -0.05) is 66.7 Å². The van der Waals surface area contributed by atoms with Crippen LogP contribution in [-0.4, -0.2) is 26.4 Å². The number of hydrogen-bond acceptors (Lipinski definition) is 4. The molecule has 5 nitrogen and oxygen atoms in total. The Bertz CT molecular complexity index is 1030. The zero-order chi connectivity index (χ0) is 24.5. The van der Waals surface area contributed by atoms with E-state index < -0.39 is 12.1 Å². The van der Waals surface area contributed by atoms with Gasteiger partial charge in [-0.25, -0.2) is 0 Å². The van der Waals surface area contributed by atoms with Gasteiger partial charge < -0.3 is 20.4 Å². The third-order valence-electron chi connectivity index (χ3n) is 6.53. The molecular formula is C29H34O5. The maximum Gasteiger partial charge on any atom is 0.307 e. The highest BCUT2D eigenvalue weighted by atomic mass is 16.4. The molecule has 5 heteroatoms. The first kappa shape index (κ1) is 25.6. The Morgan fingerprint density at radius 1 is 0.853 bits per heavy atom. The summed E-state index contributed by atoms with van der Waals surface area (Å²) in [5.74, 6) is -0.935. The summed E-state index contributed by atoms with van der Waals surface area (Å²) in [6.45, 7) is 1.56. The smallest absolute Gasteiger partial charge is 0.307 e. The molecule has 2 atom stereocenters. The summed E-state index contributed by atoms with van der Waals surface area (Å²) in [5.41, 5.74) is 6.00. The molecule has 0 aliphatic carbocycles. The quantitative estimate of drug-likeness (QED) is 0.317. The Hall–Kier alpha value is -2.99. The van der Waals surface area contributed by atoms with Crippen molar-refractivity contribution in [3.63, 3.8) is 0 Å². The van der Waals surface area contributed by atoms with E-state index in [2.05, 4.69) is 12.1 Å². The number of carbonyl (C=O) groups is 1. The molecule has 0 fully saturated rings. The fraction of sp³-hybridized carbons (Fsp3) is 0.345. The summed E-state index contributed by atoms with van der Waals surface area (Å²) in [6, 6.07) is 21.5. The zero-order valence-electron chi connectivity index (χ0n) is 19.7. The van der Waals surface area contributed by atoms with Crippen LogP contribution in [0.15, 0.2) is 66.7 Å². The highest BCUT2D eigenvalue weighted by Gasteiger charge is 2.23. The van der Waals surface area contributed by atoms with Crippen LogP contribution < -0.4 is 0 Å². The molecule has 0 aromatic heterocycles. The van der Waals surface area contributed by atoms with Crippen molar-refractivity contribution in [1.82, 2.24) is 0 Å². The van der Waals surface area contributed by atoms with Crippen molar-refractivity contribution in [1.29, 1.82) is 0 Å². The minimum absolute atomic E-state index is 0.0132. The summed E-state index contributed by atoms with van der Waals surface area (Å²) in [7, 11) is 0. The van der Waals surface area contributed by atoms with E-state index in [0.717, 1.165) is 36.0 Å². The molecule has 34 heavy (non-hydrogen) atoms. The lowest BCUT2D eigenvalue weighted by Gasteiger charge is -2.25. The second kappa shape index (κ2) is 12.5. The first-order valence-corrected chi connectivity index (χ1v) is 11.8. The number of aryl methyl sites for hydroxylation is 1. The normalized spacial score (nSPS) is 12.9. The van der Waals surface area contributed by atoms with Crippen molar-refractivity contribution in [2.45, 2.75) is 58.3 Å². The molecule has 3 aromatic carbocycles. The number of carboxylic acid groups (broad SMARTS) is 1. The van der Waals surface area contributed by atoms with E-state index in [1.54, 1.807) is 0 Å². The van der Waals surface area contributed by atoms with Crippen molar-refractivity contribution in [3.8, 4) is 0 Å². The van der Waals surface area contributed by atoms with E-state index >= 15 is 0 Å². The van der Waals surface area contributed by atoms with Gasteiger partial charge in [0, 0.05) is 0 Å². The van der Waals surface area contributed by atoms with Crippen LogP contribution in [0.2, 0.25) is 0 Å². The first-order chi connectivity index (χ1) is 16.4. The van der Waals surface area contributed by atoms with Crippen molar-refractivity contribution < 1.29 is 25.2 Å². The molecule has 0 saturated carbocycles. The minimum atomic E-state index is -0.860. The molecule has 0 amide bonds. The van der Waals surface area contributed by atoms with E-state index in [4.69, 9.17) is 5.11 Å². The molecule has 0 aliphatic rings. The van der Waals surface area contributed by atoms with Gasteiger partial charge in [0.25, 0.3) is 0 Å². The largest absolute Gasteiger partial charge is 0.481 e. The molecule has 0 heterocycles. The van der Waals surface area contributed by atoms with Crippen molar-refractivity contribution >= 4 is 5.97 Å². The van der Waals surface area contributed by atoms with Gasteiger partial charge in [-0.2, -0.15) is 0 Å². The Morgan fingerprint density at radius 2 is 1.44 bits per heavy atom. The highest BCUT2D eigenvalue weighted by molar-refractivity contribution is 5.70.